The highest BCUT2D eigenvalue weighted by molar-refractivity contribution is 9.10. The normalized spacial score (nSPS) is 12.2. The monoisotopic (exact) mass is 334 g/mol. The molecule has 0 saturated carbocycles. The van der Waals surface area contributed by atoms with Crippen molar-refractivity contribution in [1.82, 2.24) is 4.98 Å². The van der Waals surface area contributed by atoms with Crippen LogP contribution in [-0.4, -0.2) is 18.1 Å². The van der Waals surface area contributed by atoms with Crippen molar-refractivity contribution < 1.29 is 4.74 Å². The Balaban J connectivity index is 1.92. The number of methoxy groups -OCH3 is 1. The lowest BCUT2D eigenvalue weighted by Crippen LogP contribution is -2.23. The molecule has 1 atom stereocenters. The van der Waals surface area contributed by atoms with Crippen LogP contribution in [0.25, 0.3) is 0 Å². The Morgan fingerprint density at radius 3 is 2.90 bits per heavy atom. The first-order chi connectivity index (χ1) is 9.69. The summed E-state index contributed by atoms with van der Waals surface area (Å²) in [5, 5.41) is 0. The quantitative estimate of drug-likeness (QED) is 0.881. The Morgan fingerprint density at radius 2 is 2.20 bits per heavy atom. The number of nitrogens with two attached hydrogens (primary N) is 1. The van der Waals surface area contributed by atoms with Gasteiger partial charge in [0.05, 0.1) is 7.11 Å². The van der Waals surface area contributed by atoms with Crippen LogP contribution in [0.1, 0.15) is 17.5 Å². The number of hydrogen-bond donors (Lipinski definition) is 1. The van der Waals surface area contributed by atoms with Gasteiger partial charge >= 0.3 is 0 Å². The third-order valence-corrected chi connectivity index (χ3v) is 4.04. The minimum atomic E-state index is 0.124. The van der Waals surface area contributed by atoms with Gasteiger partial charge in [0.2, 0.25) is 0 Å². The average Bonchev–Trinajstić information content (AvgIpc) is 2.48. The second-order valence-electron chi connectivity index (χ2n) is 4.82. The van der Waals surface area contributed by atoms with E-state index in [-0.39, 0.29) is 6.04 Å². The number of pyridine rings is 1. The summed E-state index contributed by atoms with van der Waals surface area (Å²) < 4.78 is 6.33. The largest absolute Gasteiger partial charge is 0.497 e. The lowest BCUT2D eigenvalue weighted by Gasteiger charge is -2.13. The van der Waals surface area contributed by atoms with E-state index in [2.05, 4.69) is 27.0 Å². The molecular weight excluding hydrogens is 316 g/mol. The van der Waals surface area contributed by atoms with Crippen molar-refractivity contribution in [3.63, 3.8) is 0 Å². The van der Waals surface area contributed by atoms with E-state index in [4.69, 9.17) is 10.5 Å². The van der Waals surface area contributed by atoms with Gasteiger partial charge in [-0.1, -0.05) is 22.0 Å². The molecule has 0 aliphatic rings. The number of aromatic nitrogens is 1. The first-order valence-electron chi connectivity index (χ1n) is 6.66. The number of rotatable bonds is 6. The van der Waals surface area contributed by atoms with Crippen LogP contribution in [0, 0.1) is 0 Å². The molecule has 2 N–H and O–H groups in total. The molecule has 2 rings (SSSR count). The molecule has 1 unspecified atom stereocenters. The van der Waals surface area contributed by atoms with Crippen molar-refractivity contribution in [2.45, 2.75) is 25.3 Å². The van der Waals surface area contributed by atoms with E-state index in [0.29, 0.717) is 0 Å². The Hall–Kier alpha value is -1.39. The fraction of sp³-hybridized carbons (Fsp3) is 0.312. The zero-order valence-electron chi connectivity index (χ0n) is 11.6. The number of nitrogens with zero attached hydrogens (tertiary/aromatic N) is 1. The van der Waals surface area contributed by atoms with Crippen LogP contribution in [0.2, 0.25) is 0 Å². The summed E-state index contributed by atoms with van der Waals surface area (Å²) in [6.45, 7) is 0. The van der Waals surface area contributed by atoms with Crippen molar-refractivity contribution in [1.29, 1.82) is 0 Å². The van der Waals surface area contributed by atoms with Gasteiger partial charge in [0.1, 0.15) is 5.75 Å². The molecule has 1 aromatic heterocycles. The molecule has 0 radical (unpaired) electrons. The van der Waals surface area contributed by atoms with Gasteiger partial charge in [0, 0.05) is 22.9 Å². The van der Waals surface area contributed by atoms with E-state index < -0.39 is 0 Å². The molecule has 20 heavy (non-hydrogen) atoms. The van der Waals surface area contributed by atoms with E-state index in [0.717, 1.165) is 29.5 Å². The summed E-state index contributed by atoms with van der Waals surface area (Å²) in [5.41, 5.74) is 8.64. The Kier molecular flexibility index (Phi) is 5.56. The van der Waals surface area contributed by atoms with Crippen molar-refractivity contribution in [3.05, 3.63) is 58.3 Å². The molecule has 0 bridgehead atoms. The number of benzene rings is 1. The fourth-order valence-electron chi connectivity index (χ4n) is 2.12. The number of halogens is 1. The summed E-state index contributed by atoms with van der Waals surface area (Å²) >= 11 is 3.56. The molecule has 0 aliphatic carbocycles. The molecule has 0 fully saturated rings. The standard InChI is InChI=1S/C16H19BrN2O/c1-20-15-6-7-16(17)13(10-15)9-14(18)5-4-12-3-2-8-19-11-12/h2-3,6-8,10-11,14H,4-5,9,18H2,1H3. The summed E-state index contributed by atoms with van der Waals surface area (Å²) in [4.78, 5) is 4.12. The number of aryl methyl sites for hydroxylation is 1. The van der Waals surface area contributed by atoms with Gasteiger partial charge in [0.25, 0.3) is 0 Å². The van der Waals surface area contributed by atoms with Crippen LogP contribution in [0.3, 0.4) is 0 Å². The van der Waals surface area contributed by atoms with Gasteiger partial charge in [0.15, 0.2) is 0 Å². The van der Waals surface area contributed by atoms with E-state index >= 15 is 0 Å². The van der Waals surface area contributed by atoms with E-state index in [1.165, 1.54) is 11.1 Å². The summed E-state index contributed by atoms with van der Waals surface area (Å²) in [5.74, 6) is 0.864. The first-order valence-corrected chi connectivity index (χ1v) is 7.45. The SMILES string of the molecule is COc1ccc(Br)c(CC(N)CCc2cccnc2)c1. The van der Waals surface area contributed by atoms with Gasteiger partial charge in [-0.2, -0.15) is 0 Å². The molecule has 1 heterocycles. The topological polar surface area (TPSA) is 48.1 Å². The van der Waals surface area contributed by atoms with E-state index in [9.17, 15) is 0 Å². The van der Waals surface area contributed by atoms with Gasteiger partial charge in [-0.3, -0.25) is 4.98 Å². The third kappa shape index (κ3) is 4.32. The molecule has 1 aromatic carbocycles. The molecule has 3 nitrogen and oxygen atoms in total. The molecule has 2 aromatic rings. The zero-order chi connectivity index (χ0) is 14.4. The molecule has 0 aliphatic heterocycles. The summed E-state index contributed by atoms with van der Waals surface area (Å²) in [6, 6.07) is 10.1. The van der Waals surface area contributed by atoms with Gasteiger partial charge in [-0.15, -0.1) is 0 Å². The smallest absolute Gasteiger partial charge is 0.119 e. The Labute approximate surface area is 128 Å². The predicted molar refractivity (Wildman–Crippen MR) is 84.9 cm³/mol. The zero-order valence-corrected chi connectivity index (χ0v) is 13.1. The van der Waals surface area contributed by atoms with E-state index in [1.54, 1.807) is 13.3 Å². The maximum absolute atomic E-state index is 6.23. The Morgan fingerprint density at radius 1 is 1.35 bits per heavy atom. The maximum atomic E-state index is 6.23. The van der Waals surface area contributed by atoms with Gasteiger partial charge in [-0.05, 0) is 54.7 Å². The molecule has 0 amide bonds. The molecule has 4 heteroatoms. The van der Waals surface area contributed by atoms with Crippen molar-refractivity contribution >= 4 is 15.9 Å². The minimum Gasteiger partial charge on any atom is -0.497 e. The minimum absolute atomic E-state index is 0.124. The average molecular weight is 335 g/mol. The Bertz CT molecular complexity index is 545. The van der Waals surface area contributed by atoms with Crippen molar-refractivity contribution in [2.24, 2.45) is 5.73 Å². The first kappa shape index (κ1) is 15.0. The molecule has 106 valence electrons. The van der Waals surface area contributed by atoms with Crippen LogP contribution >= 0.6 is 15.9 Å². The van der Waals surface area contributed by atoms with Crippen LogP contribution < -0.4 is 10.5 Å². The predicted octanol–water partition coefficient (Wildman–Crippen LogP) is 3.36. The third-order valence-electron chi connectivity index (χ3n) is 3.26. The summed E-state index contributed by atoms with van der Waals surface area (Å²) in [7, 11) is 1.68. The molecule has 0 spiro atoms. The van der Waals surface area contributed by atoms with Crippen LogP contribution in [0.4, 0.5) is 0 Å². The second-order valence-corrected chi connectivity index (χ2v) is 5.68. The van der Waals surface area contributed by atoms with Crippen LogP contribution in [-0.2, 0) is 12.8 Å². The summed E-state index contributed by atoms with van der Waals surface area (Å²) in [6.07, 6.45) is 6.41. The highest BCUT2D eigenvalue weighted by Gasteiger charge is 2.09. The number of ether oxygens (including phenoxy) is 1. The van der Waals surface area contributed by atoms with Crippen molar-refractivity contribution in [3.8, 4) is 5.75 Å². The highest BCUT2D eigenvalue weighted by atomic mass is 79.9. The van der Waals surface area contributed by atoms with E-state index in [1.807, 2.05) is 30.5 Å². The van der Waals surface area contributed by atoms with Gasteiger partial charge in [-0.25, -0.2) is 0 Å². The number of hydrogen-bond acceptors (Lipinski definition) is 3. The van der Waals surface area contributed by atoms with Crippen LogP contribution in [0.5, 0.6) is 5.75 Å². The molecule has 0 saturated heterocycles. The highest BCUT2D eigenvalue weighted by Crippen LogP contribution is 2.24. The lowest BCUT2D eigenvalue weighted by molar-refractivity contribution is 0.414. The van der Waals surface area contributed by atoms with Gasteiger partial charge < -0.3 is 10.5 Å². The van der Waals surface area contributed by atoms with Crippen molar-refractivity contribution in [2.75, 3.05) is 7.11 Å². The fourth-order valence-corrected chi connectivity index (χ4v) is 2.53. The molecular formula is C16H19BrN2O. The van der Waals surface area contributed by atoms with Crippen LogP contribution in [0.15, 0.2) is 47.2 Å². The second kappa shape index (κ2) is 7.41. The lowest BCUT2D eigenvalue weighted by atomic mass is 10.0. The maximum Gasteiger partial charge on any atom is 0.119 e.